The molecule has 0 saturated heterocycles. The van der Waals surface area contributed by atoms with Crippen molar-refractivity contribution in [2.45, 2.75) is 12.5 Å². The molecule has 15 heavy (non-hydrogen) atoms. The Balaban J connectivity index is 2.38. The Labute approximate surface area is 85.2 Å². The Morgan fingerprint density at radius 2 is 1.93 bits per heavy atom. The molecule has 0 spiro atoms. The van der Waals surface area contributed by atoms with Gasteiger partial charge in [0.25, 0.3) is 0 Å². The van der Waals surface area contributed by atoms with Crippen LogP contribution in [0.4, 0.5) is 8.78 Å². The predicted molar refractivity (Wildman–Crippen MR) is 48.0 cm³/mol. The Hall–Kier alpha value is -1.36. The minimum absolute atomic E-state index is 0.0988. The third-order valence-electron chi connectivity index (χ3n) is 2.21. The molecule has 1 aromatic carbocycles. The van der Waals surface area contributed by atoms with Crippen LogP contribution in [-0.2, 0) is 0 Å². The third kappa shape index (κ3) is 1.74. The zero-order chi connectivity index (χ0) is 11.1. The molecule has 1 atom stereocenters. The first-order valence-electron chi connectivity index (χ1n) is 4.46. The minimum Gasteiger partial charge on any atom is -0.485 e. The third-order valence-corrected chi connectivity index (χ3v) is 2.21. The van der Waals surface area contributed by atoms with Crippen LogP contribution in [0.15, 0.2) is 12.1 Å². The van der Waals surface area contributed by atoms with E-state index in [1.165, 1.54) is 0 Å². The van der Waals surface area contributed by atoms with E-state index < -0.39 is 17.2 Å². The molecule has 5 heteroatoms. The molecular formula is C10H10F2O3. The Morgan fingerprint density at radius 1 is 1.33 bits per heavy atom. The van der Waals surface area contributed by atoms with Crippen LogP contribution in [0.25, 0.3) is 0 Å². The van der Waals surface area contributed by atoms with E-state index in [4.69, 9.17) is 14.6 Å². The first kappa shape index (κ1) is 10.2. The van der Waals surface area contributed by atoms with Crippen LogP contribution >= 0.6 is 0 Å². The van der Waals surface area contributed by atoms with E-state index in [-0.39, 0.29) is 24.7 Å². The fraction of sp³-hybridized carbons (Fsp3) is 0.400. The van der Waals surface area contributed by atoms with E-state index in [1.54, 1.807) is 6.92 Å². The van der Waals surface area contributed by atoms with Crippen LogP contribution in [-0.4, -0.2) is 23.9 Å². The van der Waals surface area contributed by atoms with Crippen LogP contribution in [0.1, 0.15) is 6.92 Å². The standard InChI is InChI=1S/C10H10F2O3/c1-10(4-13)5-14-8-2-6(11)7(12)3-9(8)15-10/h2-3,13H,4-5H2,1H3/t10-/m1/s1. The zero-order valence-electron chi connectivity index (χ0n) is 8.09. The number of aliphatic hydroxyl groups excluding tert-OH is 1. The second-order valence-electron chi connectivity index (χ2n) is 3.71. The summed E-state index contributed by atoms with van der Waals surface area (Å²) in [5.74, 6) is -1.72. The highest BCUT2D eigenvalue weighted by molar-refractivity contribution is 5.42. The summed E-state index contributed by atoms with van der Waals surface area (Å²) >= 11 is 0. The van der Waals surface area contributed by atoms with Crippen molar-refractivity contribution in [3.63, 3.8) is 0 Å². The summed E-state index contributed by atoms with van der Waals surface area (Å²) in [6, 6.07) is 1.85. The molecule has 82 valence electrons. The van der Waals surface area contributed by atoms with Gasteiger partial charge in [-0.25, -0.2) is 8.78 Å². The zero-order valence-corrected chi connectivity index (χ0v) is 8.09. The van der Waals surface area contributed by atoms with Crippen LogP contribution in [0.2, 0.25) is 0 Å². The SMILES string of the molecule is C[C@@]1(CO)COc2cc(F)c(F)cc2O1. The molecule has 0 saturated carbocycles. The maximum absolute atomic E-state index is 12.9. The Morgan fingerprint density at radius 3 is 2.53 bits per heavy atom. The maximum atomic E-state index is 12.9. The number of aliphatic hydroxyl groups is 1. The first-order valence-corrected chi connectivity index (χ1v) is 4.46. The van der Waals surface area contributed by atoms with Crippen molar-refractivity contribution < 1.29 is 23.4 Å². The number of halogens is 2. The van der Waals surface area contributed by atoms with Crippen molar-refractivity contribution in [1.29, 1.82) is 0 Å². The summed E-state index contributed by atoms with van der Waals surface area (Å²) in [6.07, 6.45) is 0. The van der Waals surface area contributed by atoms with Crippen molar-refractivity contribution in [3.8, 4) is 11.5 Å². The van der Waals surface area contributed by atoms with Gasteiger partial charge in [-0.1, -0.05) is 0 Å². The lowest BCUT2D eigenvalue weighted by molar-refractivity contribution is -0.0341. The van der Waals surface area contributed by atoms with Gasteiger partial charge in [0.05, 0.1) is 6.61 Å². The van der Waals surface area contributed by atoms with Gasteiger partial charge in [0.1, 0.15) is 6.61 Å². The average Bonchev–Trinajstić information content (AvgIpc) is 2.21. The molecule has 1 aliphatic heterocycles. The van der Waals surface area contributed by atoms with Gasteiger partial charge in [0, 0.05) is 12.1 Å². The quantitative estimate of drug-likeness (QED) is 0.772. The van der Waals surface area contributed by atoms with Gasteiger partial charge >= 0.3 is 0 Å². The maximum Gasteiger partial charge on any atom is 0.165 e. The average molecular weight is 216 g/mol. The van der Waals surface area contributed by atoms with Gasteiger partial charge in [0.2, 0.25) is 0 Å². The van der Waals surface area contributed by atoms with Crippen LogP contribution in [0.5, 0.6) is 11.5 Å². The molecule has 1 aliphatic rings. The van der Waals surface area contributed by atoms with Gasteiger partial charge in [-0.05, 0) is 6.92 Å². The van der Waals surface area contributed by atoms with Crippen molar-refractivity contribution in [1.82, 2.24) is 0 Å². The molecular weight excluding hydrogens is 206 g/mol. The summed E-state index contributed by atoms with van der Waals surface area (Å²) in [4.78, 5) is 0. The van der Waals surface area contributed by atoms with E-state index in [2.05, 4.69) is 0 Å². The number of ether oxygens (including phenoxy) is 2. The molecule has 0 aromatic heterocycles. The van der Waals surface area contributed by atoms with Crippen LogP contribution in [0.3, 0.4) is 0 Å². The number of hydrogen-bond acceptors (Lipinski definition) is 3. The summed E-state index contributed by atoms with van der Waals surface area (Å²) in [6.45, 7) is 1.46. The molecule has 0 amide bonds. The summed E-state index contributed by atoms with van der Waals surface area (Å²) in [5, 5.41) is 9.03. The lowest BCUT2D eigenvalue weighted by Crippen LogP contribution is -2.45. The van der Waals surface area contributed by atoms with Crippen molar-refractivity contribution >= 4 is 0 Å². The van der Waals surface area contributed by atoms with Gasteiger partial charge in [-0.3, -0.25) is 0 Å². The van der Waals surface area contributed by atoms with Gasteiger partial charge in [0.15, 0.2) is 28.7 Å². The summed E-state index contributed by atoms with van der Waals surface area (Å²) in [5.41, 5.74) is -0.905. The minimum atomic E-state index is -1.00. The van der Waals surface area contributed by atoms with E-state index >= 15 is 0 Å². The smallest absolute Gasteiger partial charge is 0.165 e. The number of rotatable bonds is 1. The Bertz CT molecular complexity index is 394. The molecule has 1 heterocycles. The fourth-order valence-electron chi connectivity index (χ4n) is 1.31. The summed E-state index contributed by atoms with van der Waals surface area (Å²) in [7, 11) is 0. The molecule has 0 bridgehead atoms. The van der Waals surface area contributed by atoms with Gasteiger partial charge in [-0.2, -0.15) is 0 Å². The van der Waals surface area contributed by atoms with Crippen LogP contribution < -0.4 is 9.47 Å². The summed E-state index contributed by atoms with van der Waals surface area (Å²) < 4.78 is 36.2. The van der Waals surface area contributed by atoms with Crippen molar-refractivity contribution in [2.75, 3.05) is 13.2 Å². The van der Waals surface area contributed by atoms with E-state index in [1.807, 2.05) is 0 Å². The van der Waals surface area contributed by atoms with Gasteiger partial charge in [-0.15, -0.1) is 0 Å². The normalized spacial score (nSPS) is 24.0. The lowest BCUT2D eigenvalue weighted by atomic mass is 10.1. The second kappa shape index (κ2) is 3.34. The molecule has 0 unspecified atom stereocenters. The van der Waals surface area contributed by atoms with Crippen molar-refractivity contribution in [2.24, 2.45) is 0 Å². The van der Waals surface area contributed by atoms with E-state index in [0.717, 1.165) is 12.1 Å². The van der Waals surface area contributed by atoms with Crippen molar-refractivity contribution in [3.05, 3.63) is 23.8 Å². The molecule has 1 aromatic rings. The monoisotopic (exact) mass is 216 g/mol. The van der Waals surface area contributed by atoms with E-state index in [0.29, 0.717) is 0 Å². The lowest BCUT2D eigenvalue weighted by Gasteiger charge is -2.33. The highest BCUT2D eigenvalue weighted by Gasteiger charge is 2.33. The molecule has 0 aliphatic carbocycles. The number of benzene rings is 1. The number of hydrogen-bond donors (Lipinski definition) is 1. The largest absolute Gasteiger partial charge is 0.485 e. The van der Waals surface area contributed by atoms with Gasteiger partial charge < -0.3 is 14.6 Å². The fourth-order valence-corrected chi connectivity index (χ4v) is 1.31. The molecule has 2 rings (SSSR count). The molecule has 1 N–H and O–H groups in total. The second-order valence-corrected chi connectivity index (χ2v) is 3.71. The highest BCUT2D eigenvalue weighted by atomic mass is 19.2. The Kier molecular flexibility index (Phi) is 2.26. The molecule has 0 fully saturated rings. The van der Waals surface area contributed by atoms with Crippen LogP contribution in [0, 0.1) is 11.6 Å². The highest BCUT2D eigenvalue weighted by Crippen LogP contribution is 2.36. The number of fused-ring (bicyclic) bond motifs is 1. The molecule has 3 nitrogen and oxygen atoms in total. The topological polar surface area (TPSA) is 38.7 Å². The van der Waals surface area contributed by atoms with E-state index in [9.17, 15) is 8.78 Å². The first-order chi connectivity index (χ1) is 7.04. The molecule has 0 radical (unpaired) electrons. The predicted octanol–water partition coefficient (Wildman–Crippen LogP) is 1.49.